The summed E-state index contributed by atoms with van der Waals surface area (Å²) < 4.78 is 6.85. The fourth-order valence-electron chi connectivity index (χ4n) is 3.18. The Morgan fingerprint density at radius 2 is 2.08 bits per heavy atom. The zero-order valence-electron chi connectivity index (χ0n) is 14.3. The molecule has 0 aliphatic carbocycles. The molecule has 0 saturated heterocycles. The van der Waals surface area contributed by atoms with Crippen molar-refractivity contribution >= 4 is 5.97 Å². The highest BCUT2D eigenvalue weighted by Crippen LogP contribution is 2.25. The minimum Gasteiger partial charge on any atom is -0.508 e. The molecule has 3 rings (SSSR count). The van der Waals surface area contributed by atoms with Gasteiger partial charge in [0, 0.05) is 37.3 Å². The minimum atomic E-state index is -0.415. The summed E-state index contributed by atoms with van der Waals surface area (Å²) in [5.41, 5.74) is 3.33. The average molecular weight is 345 g/mol. The molecule has 2 aromatic rings. The number of esters is 1. The molecular weight excluding hydrogens is 322 g/mol. The fourth-order valence-corrected chi connectivity index (χ4v) is 3.18. The first-order valence-electron chi connectivity index (χ1n) is 8.49. The second-order valence-corrected chi connectivity index (χ2v) is 6.07. The van der Waals surface area contributed by atoms with Crippen LogP contribution in [0.3, 0.4) is 0 Å². The quantitative estimate of drug-likeness (QED) is 0.768. The van der Waals surface area contributed by atoms with Gasteiger partial charge in [0.2, 0.25) is 0 Å². The Labute approximate surface area is 146 Å². The first-order chi connectivity index (χ1) is 12.1. The van der Waals surface area contributed by atoms with Crippen LogP contribution in [0.2, 0.25) is 0 Å². The summed E-state index contributed by atoms with van der Waals surface area (Å²) in [7, 11) is 0. The summed E-state index contributed by atoms with van der Waals surface area (Å²) in [5, 5.41) is 23.0. The van der Waals surface area contributed by atoms with E-state index in [-0.39, 0.29) is 12.4 Å². The number of phenols is 1. The van der Waals surface area contributed by atoms with Gasteiger partial charge >= 0.3 is 5.97 Å². The van der Waals surface area contributed by atoms with Gasteiger partial charge in [-0.05, 0) is 24.6 Å². The average Bonchev–Trinajstić information content (AvgIpc) is 2.96. The Bertz CT molecular complexity index is 740. The van der Waals surface area contributed by atoms with E-state index in [0.29, 0.717) is 25.4 Å². The first kappa shape index (κ1) is 17.4. The van der Waals surface area contributed by atoms with Crippen LogP contribution in [0.15, 0.2) is 24.3 Å². The maximum Gasteiger partial charge on any atom is 0.359 e. The highest BCUT2D eigenvalue weighted by atomic mass is 16.5. The summed E-state index contributed by atoms with van der Waals surface area (Å²) in [6, 6.07) is 7.14. The van der Waals surface area contributed by atoms with Crippen LogP contribution in [0.4, 0.5) is 0 Å². The van der Waals surface area contributed by atoms with Gasteiger partial charge in [-0.1, -0.05) is 12.1 Å². The lowest BCUT2D eigenvalue weighted by molar-refractivity contribution is 0.0515. The van der Waals surface area contributed by atoms with E-state index in [0.717, 1.165) is 36.3 Å². The Kier molecular flexibility index (Phi) is 5.35. The number of aliphatic hydroxyl groups is 1. The Hall–Kier alpha value is -2.38. The van der Waals surface area contributed by atoms with E-state index < -0.39 is 5.97 Å². The smallest absolute Gasteiger partial charge is 0.359 e. The van der Waals surface area contributed by atoms with Gasteiger partial charge in [0.05, 0.1) is 19.8 Å². The number of phenolic OH excluding ortho intramolecular Hbond substituents is 1. The molecule has 1 aliphatic heterocycles. The predicted octanol–water partition coefficient (Wildman–Crippen LogP) is 1.32. The number of nitrogens with zero attached hydrogens (tertiary/aromatic N) is 3. The van der Waals surface area contributed by atoms with Crippen molar-refractivity contribution in [1.29, 1.82) is 0 Å². The number of aromatic hydroxyl groups is 1. The molecule has 0 fully saturated rings. The molecule has 1 aromatic heterocycles. The SMILES string of the molecule is CCOC(=O)c1nn(CCO)c2c1CN(Cc1ccc(O)cc1)CC2. The number of hydrogen-bond donors (Lipinski definition) is 2. The van der Waals surface area contributed by atoms with E-state index in [1.54, 1.807) is 23.7 Å². The molecular formula is C18H23N3O4. The second-order valence-electron chi connectivity index (χ2n) is 6.07. The van der Waals surface area contributed by atoms with Gasteiger partial charge in [-0.25, -0.2) is 4.79 Å². The number of carbonyl (C=O) groups is 1. The number of carbonyl (C=O) groups excluding carboxylic acids is 1. The molecule has 0 radical (unpaired) electrons. The van der Waals surface area contributed by atoms with Crippen molar-refractivity contribution in [2.45, 2.75) is 33.0 Å². The Morgan fingerprint density at radius 1 is 1.32 bits per heavy atom. The lowest BCUT2D eigenvalue weighted by atomic mass is 10.0. The Morgan fingerprint density at radius 3 is 2.76 bits per heavy atom. The Balaban J connectivity index is 1.82. The van der Waals surface area contributed by atoms with Crippen molar-refractivity contribution in [3.8, 4) is 5.75 Å². The van der Waals surface area contributed by atoms with E-state index in [2.05, 4.69) is 10.00 Å². The van der Waals surface area contributed by atoms with Crippen LogP contribution in [0.5, 0.6) is 5.75 Å². The number of aliphatic hydroxyl groups excluding tert-OH is 1. The van der Waals surface area contributed by atoms with Crippen LogP contribution >= 0.6 is 0 Å². The largest absolute Gasteiger partial charge is 0.508 e. The zero-order valence-corrected chi connectivity index (χ0v) is 14.3. The van der Waals surface area contributed by atoms with Gasteiger partial charge in [0.25, 0.3) is 0 Å². The van der Waals surface area contributed by atoms with E-state index >= 15 is 0 Å². The summed E-state index contributed by atoms with van der Waals surface area (Å²) >= 11 is 0. The molecule has 0 bridgehead atoms. The third-order valence-corrected chi connectivity index (χ3v) is 4.34. The number of benzene rings is 1. The topological polar surface area (TPSA) is 87.8 Å². The summed E-state index contributed by atoms with van der Waals surface area (Å²) in [5.74, 6) is -0.165. The number of ether oxygens (including phenoxy) is 1. The van der Waals surface area contributed by atoms with Crippen molar-refractivity contribution in [2.75, 3.05) is 19.8 Å². The molecule has 134 valence electrons. The molecule has 0 amide bonds. The predicted molar refractivity (Wildman–Crippen MR) is 91.2 cm³/mol. The first-order valence-corrected chi connectivity index (χ1v) is 8.49. The van der Waals surface area contributed by atoms with Crippen LogP contribution in [0, 0.1) is 0 Å². The van der Waals surface area contributed by atoms with E-state index in [4.69, 9.17) is 4.74 Å². The molecule has 1 aromatic carbocycles. The lowest BCUT2D eigenvalue weighted by Gasteiger charge is -2.27. The molecule has 7 heteroatoms. The maximum absolute atomic E-state index is 12.2. The van der Waals surface area contributed by atoms with E-state index in [9.17, 15) is 15.0 Å². The van der Waals surface area contributed by atoms with Gasteiger partial charge in [-0.2, -0.15) is 5.10 Å². The van der Waals surface area contributed by atoms with Crippen LogP contribution < -0.4 is 0 Å². The van der Waals surface area contributed by atoms with Crippen molar-refractivity contribution in [3.63, 3.8) is 0 Å². The van der Waals surface area contributed by atoms with Crippen molar-refractivity contribution in [2.24, 2.45) is 0 Å². The van der Waals surface area contributed by atoms with Gasteiger partial charge in [0.1, 0.15) is 5.75 Å². The highest BCUT2D eigenvalue weighted by Gasteiger charge is 2.28. The standard InChI is InChI=1S/C18H23N3O4/c1-2-25-18(24)17-15-12-20(11-13-3-5-14(23)6-4-13)8-7-16(15)21(19-17)9-10-22/h3-6,22-23H,2,7-12H2,1H3. The second kappa shape index (κ2) is 7.67. The van der Waals surface area contributed by atoms with Gasteiger partial charge < -0.3 is 14.9 Å². The maximum atomic E-state index is 12.2. The molecule has 1 aliphatic rings. The van der Waals surface area contributed by atoms with Crippen LogP contribution in [-0.2, 0) is 30.8 Å². The number of aromatic nitrogens is 2. The minimum absolute atomic E-state index is 0.0202. The number of rotatable bonds is 6. The number of hydrogen-bond acceptors (Lipinski definition) is 6. The fraction of sp³-hybridized carbons (Fsp3) is 0.444. The molecule has 2 N–H and O–H groups in total. The molecule has 25 heavy (non-hydrogen) atoms. The van der Waals surface area contributed by atoms with E-state index in [1.165, 1.54) is 0 Å². The van der Waals surface area contributed by atoms with Gasteiger partial charge in [-0.15, -0.1) is 0 Å². The lowest BCUT2D eigenvalue weighted by Crippen LogP contribution is -2.31. The molecule has 0 spiro atoms. The van der Waals surface area contributed by atoms with E-state index in [1.807, 2.05) is 12.1 Å². The van der Waals surface area contributed by atoms with Crippen LogP contribution in [0.25, 0.3) is 0 Å². The van der Waals surface area contributed by atoms with Crippen molar-refractivity contribution < 1.29 is 19.7 Å². The number of fused-ring (bicyclic) bond motifs is 1. The van der Waals surface area contributed by atoms with Gasteiger partial charge in [0.15, 0.2) is 5.69 Å². The third-order valence-electron chi connectivity index (χ3n) is 4.34. The van der Waals surface area contributed by atoms with Crippen LogP contribution in [0.1, 0.15) is 34.2 Å². The third kappa shape index (κ3) is 3.83. The molecule has 7 nitrogen and oxygen atoms in total. The molecule has 2 heterocycles. The highest BCUT2D eigenvalue weighted by molar-refractivity contribution is 5.89. The molecule has 0 unspecified atom stereocenters. The van der Waals surface area contributed by atoms with Crippen molar-refractivity contribution in [3.05, 3.63) is 46.8 Å². The summed E-state index contributed by atoms with van der Waals surface area (Å²) in [6.07, 6.45) is 0.764. The monoisotopic (exact) mass is 345 g/mol. The normalized spacial score (nSPS) is 14.3. The summed E-state index contributed by atoms with van der Waals surface area (Å²) in [6.45, 7) is 4.60. The zero-order chi connectivity index (χ0) is 17.8. The van der Waals surface area contributed by atoms with Crippen LogP contribution in [-0.4, -0.2) is 50.6 Å². The van der Waals surface area contributed by atoms with Crippen molar-refractivity contribution in [1.82, 2.24) is 14.7 Å². The molecule has 0 saturated carbocycles. The summed E-state index contributed by atoms with van der Waals surface area (Å²) in [4.78, 5) is 14.5. The van der Waals surface area contributed by atoms with Gasteiger partial charge in [-0.3, -0.25) is 9.58 Å². The molecule has 0 atom stereocenters.